The number of nitrogens with two attached hydrogens (primary N) is 1. The maximum absolute atomic E-state index is 13.6. The smallest absolute Gasteiger partial charge is 0.100 e. The summed E-state index contributed by atoms with van der Waals surface area (Å²) < 4.78 is 19.8. The van der Waals surface area contributed by atoms with Gasteiger partial charge in [-0.15, -0.1) is 0 Å². The normalized spacial score (nSPS) is 37.9. The quantitative estimate of drug-likeness (QED) is 0.526. The first-order valence-electron chi connectivity index (χ1n) is 12.5. The molecule has 1 saturated heterocycles. The summed E-state index contributed by atoms with van der Waals surface area (Å²) in [5.41, 5.74) is 6.29. The molecule has 3 rings (SSSR count). The van der Waals surface area contributed by atoms with Crippen LogP contribution in [0.5, 0.6) is 0 Å². The largest absolute Gasteiger partial charge is 0.396 e. The number of nitrogens with zero attached hydrogens (tertiary/aromatic N) is 1. The second-order valence-corrected chi connectivity index (χ2v) is 10.3. The van der Waals surface area contributed by atoms with E-state index < -0.39 is 6.17 Å². The molecule has 4 unspecified atom stereocenters. The maximum atomic E-state index is 13.6. The lowest BCUT2D eigenvalue weighted by molar-refractivity contribution is -0.110. The molecular weight excluding hydrogens is 383 g/mol. The van der Waals surface area contributed by atoms with Gasteiger partial charge >= 0.3 is 0 Å². The highest BCUT2D eigenvalue weighted by Crippen LogP contribution is 2.43. The monoisotopic (exact) mass is 428 g/mol. The molecule has 3 aliphatic rings. The summed E-state index contributed by atoms with van der Waals surface area (Å²) in [4.78, 5) is 2.54. The molecule has 1 heterocycles. The summed E-state index contributed by atoms with van der Waals surface area (Å²) in [5.74, 6) is 1.02. The third kappa shape index (κ3) is 6.16. The van der Waals surface area contributed by atoms with Crippen molar-refractivity contribution in [2.75, 3.05) is 39.4 Å². The summed E-state index contributed by atoms with van der Waals surface area (Å²) in [6.45, 7) is 6.79. The number of aliphatic hydroxyl groups is 2. The van der Waals surface area contributed by atoms with Crippen LogP contribution in [0.1, 0.15) is 71.1 Å². The van der Waals surface area contributed by atoms with Crippen molar-refractivity contribution in [1.29, 1.82) is 0 Å². The number of alkyl halides is 1. The number of piperidine rings is 1. The molecule has 4 atom stereocenters. The molecule has 0 amide bonds. The predicted octanol–water partition coefficient (Wildman–Crippen LogP) is 3.12. The molecule has 1 aliphatic heterocycles. The Labute approximate surface area is 182 Å². The average molecular weight is 429 g/mol. The lowest BCUT2D eigenvalue weighted by atomic mass is 9.67. The predicted molar refractivity (Wildman–Crippen MR) is 118 cm³/mol. The molecule has 0 aromatic carbocycles. The Morgan fingerprint density at radius 2 is 1.83 bits per heavy atom. The van der Waals surface area contributed by atoms with Crippen LogP contribution in [0.3, 0.4) is 0 Å². The highest BCUT2D eigenvalue weighted by Gasteiger charge is 2.43. The first kappa shape index (κ1) is 24.4. The lowest BCUT2D eigenvalue weighted by Gasteiger charge is -2.47. The molecule has 0 radical (unpaired) electrons. The van der Waals surface area contributed by atoms with Crippen molar-refractivity contribution in [3.63, 3.8) is 0 Å². The second-order valence-electron chi connectivity index (χ2n) is 10.3. The van der Waals surface area contributed by atoms with Crippen LogP contribution in [0.15, 0.2) is 0 Å². The van der Waals surface area contributed by atoms with Crippen molar-refractivity contribution in [3.05, 3.63) is 0 Å². The number of likely N-dealkylation sites (tertiary alicyclic amines) is 1. The third-order valence-electron chi connectivity index (χ3n) is 8.37. The SMILES string of the molecule is CCOC1CC(CN2CCC(CN)(CCCO)CC2)CC(O)C1C1CCC(F)CC1. The number of hydrogen-bond donors (Lipinski definition) is 3. The van der Waals surface area contributed by atoms with Crippen LogP contribution in [0.25, 0.3) is 0 Å². The zero-order valence-corrected chi connectivity index (χ0v) is 19.0. The first-order chi connectivity index (χ1) is 14.5. The van der Waals surface area contributed by atoms with E-state index in [1.807, 2.05) is 6.92 Å². The molecule has 3 fully saturated rings. The van der Waals surface area contributed by atoms with Crippen LogP contribution < -0.4 is 5.73 Å². The van der Waals surface area contributed by atoms with E-state index in [-0.39, 0.29) is 30.1 Å². The van der Waals surface area contributed by atoms with Gasteiger partial charge in [-0.2, -0.15) is 0 Å². The van der Waals surface area contributed by atoms with Gasteiger partial charge in [0.15, 0.2) is 0 Å². The van der Waals surface area contributed by atoms with Crippen molar-refractivity contribution in [2.45, 2.75) is 89.5 Å². The number of hydrogen-bond acceptors (Lipinski definition) is 5. The van der Waals surface area contributed by atoms with E-state index >= 15 is 0 Å². The minimum Gasteiger partial charge on any atom is -0.396 e. The molecule has 0 spiro atoms. The Morgan fingerprint density at radius 1 is 1.13 bits per heavy atom. The van der Waals surface area contributed by atoms with Gasteiger partial charge in [-0.1, -0.05) is 0 Å². The number of halogens is 1. The lowest BCUT2D eigenvalue weighted by Crippen LogP contribution is -2.50. The van der Waals surface area contributed by atoms with Crippen LogP contribution in [-0.2, 0) is 4.74 Å². The van der Waals surface area contributed by atoms with E-state index in [2.05, 4.69) is 4.90 Å². The fourth-order valence-corrected chi connectivity index (χ4v) is 6.54. The van der Waals surface area contributed by atoms with Crippen molar-refractivity contribution in [1.82, 2.24) is 4.90 Å². The van der Waals surface area contributed by atoms with E-state index in [1.165, 1.54) is 0 Å². The van der Waals surface area contributed by atoms with Crippen LogP contribution in [-0.4, -0.2) is 72.9 Å². The Morgan fingerprint density at radius 3 is 2.43 bits per heavy atom. The topological polar surface area (TPSA) is 79.0 Å². The fraction of sp³-hybridized carbons (Fsp3) is 1.00. The van der Waals surface area contributed by atoms with Gasteiger partial charge in [0.1, 0.15) is 6.17 Å². The van der Waals surface area contributed by atoms with Gasteiger partial charge in [-0.25, -0.2) is 4.39 Å². The van der Waals surface area contributed by atoms with Gasteiger partial charge in [0.2, 0.25) is 0 Å². The fourth-order valence-electron chi connectivity index (χ4n) is 6.54. The van der Waals surface area contributed by atoms with Gasteiger partial charge < -0.3 is 25.6 Å². The summed E-state index contributed by atoms with van der Waals surface area (Å²) in [7, 11) is 0. The summed E-state index contributed by atoms with van der Waals surface area (Å²) in [6.07, 6.45) is 8.08. The molecule has 0 bridgehead atoms. The maximum Gasteiger partial charge on any atom is 0.100 e. The average Bonchev–Trinajstić information content (AvgIpc) is 2.75. The molecule has 0 aromatic rings. The number of aliphatic hydroxyl groups excluding tert-OH is 2. The van der Waals surface area contributed by atoms with E-state index in [0.717, 1.165) is 71.0 Å². The number of ether oxygens (including phenoxy) is 1. The highest BCUT2D eigenvalue weighted by atomic mass is 19.1. The van der Waals surface area contributed by atoms with Crippen molar-refractivity contribution < 1.29 is 19.3 Å². The van der Waals surface area contributed by atoms with Gasteiger partial charge in [0.25, 0.3) is 0 Å². The summed E-state index contributed by atoms with van der Waals surface area (Å²) >= 11 is 0. The van der Waals surface area contributed by atoms with Crippen LogP contribution in [0.4, 0.5) is 4.39 Å². The minimum atomic E-state index is -0.655. The molecule has 30 heavy (non-hydrogen) atoms. The van der Waals surface area contributed by atoms with Crippen LogP contribution in [0.2, 0.25) is 0 Å². The van der Waals surface area contributed by atoms with E-state index in [1.54, 1.807) is 0 Å². The van der Waals surface area contributed by atoms with Gasteiger partial charge in [-0.3, -0.25) is 0 Å². The molecule has 6 heteroatoms. The molecule has 0 aromatic heterocycles. The molecule has 5 nitrogen and oxygen atoms in total. The van der Waals surface area contributed by atoms with E-state index in [9.17, 15) is 14.6 Å². The van der Waals surface area contributed by atoms with Crippen molar-refractivity contribution in [2.24, 2.45) is 28.9 Å². The van der Waals surface area contributed by atoms with E-state index in [4.69, 9.17) is 10.5 Å². The Hall–Kier alpha value is -0.270. The minimum absolute atomic E-state index is 0.0994. The molecule has 4 N–H and O–H groups in total. The molecule has 2 aliphatic carbocycles. The first-order valence-corrected chi connectivity index (χ1v) is 12.5. The van der Waals surface area contributed by atoms with Crippen LogP contribution in [0, 0.1) is 23.2 Å². The van der Waals surface area contributed by atoms with Gasteiger partial charge in [0, 0.05) is 25.7 Å². The summed E-state index contributed by atoms with van der Waals surface area (Å²) in [5, 5.41) is 20.3. The molecule has 176 valence electrons. The van der Waals surface area contributed by atoms with Gasteiger partial charge in [0.05, 0.1) is 12.2 Å². The Balaban J connectivity index is 1.53. The van der Waals surface area contributed by atoms with E-state index in [0.29, 0.717) is 37.8 Å². The van der Waals surface area contributed by atoms with Crippen molar-refractivity contribution >= 4 is 0 Å². The molecular formula is C24H45FN2O3. The van der Waals surface area contributed by atoms with Gasteiger partial charge in [-0.05, 0) is 108 Å². The third-order valence-corrected chi connectivity index (χ3v) is 8.37. The standard InChI is InChI=1S/C24H45FN2O3/c1-2-30-22-15-18(14-21(29)23(22)19-4-6-20(25)7-5-19)16-27-11-9-24(17-26,10-12-27)8-3-13-28/h18-23,28-29H,2-17,26H2,1H3. The van der Waals surface area contributed by atoms with Crippen LogP contribution >= 0.6 is 0 Å². The summed E-state index contributed by atoms with van der Waals surface area (Å²) in [6, 6.07) is 0. The second kappa shape index (κ2) is 11.6. The number of rotatable bonds is 9. The highest BCUT2D eigenvalue weighted by molar-refractivity contribution is 4.94. The Bertz CT molecular complexity index is 493. The zero-order chi connectivity index (χ0) is 21.6. The molecule has 2 saturated carbocycles. The zero-order valence-electron chi connectivity index (χ0n) is 19.0. The Kier molecular flexibility index (Phi) is 9.39. The van der Waals surface area contributed by atoms with Crippen molar-refractivity contribution in [3.8, 4) is 0 Å².